The number of hydrogen-bond acceptors (Lipinski definition) is 4. The third-order valence-corrected chi connectivity index (χ3v) is 1.97. The second-order valence-electron chi connectivity index (χ2n) is 3.68. The van der Waals surface area contributed by atoms with Crippen molar-refractivity contribution in [1.82, 2.24) is 0 Å². The summed E-state index contributed by atoms with van der Waals surface area (Å²) in [6.45, 7) is -0.860. The van der Waals surface area contributed by atoms with Crippen LogP contribution in [0.25, 0.3) is 0 Å². The summed E-state index contributed by atoms with van der Waals surface area (Å²) in [6, 6.07) is 0. The van der Waals surface area contributed by atoms with Gasteiger partial charge in [-0.2, -0.15) is 26.3 Å². The van der Waals surface area contributed by atoms with Gasteiger partial charge in [0.25, 0.3) is 0 Å². The number of esters is 2. The molecule has 0 radical (unpaired) electrons. The van der Waals surface area contributed by atoms with Crippen LogP contribution in [0, 0.1) is 0 Å². The van der Waals surface area contributed by atoms with Gasteiger partial charge in [0, 0.05) is 0 Å². The van der Waals surface area contributed by atoms with E-state index in [4.69, 9.17) is 0 Å². The molecule has 0 N–H and O–H groups in total. The molecule has 10 heteroatoms. The molecule has 4 nitrogen and oxygen atoms in total. The Bertz CT molecular complexity index is 291. The molecular formula is C10H12F6O4. The Morgan fingerprint density at radius 2 is 0.950 bits per heavy atom. The molecular weight excluding hydrogens is 298 g/mol. The second kappa shape index (κ2) is 7.95. The average molecular weight is 310 g/mol. The van der Waals surface area contributed by atoms with Gasteiger partial charge in [0.1, 0.15) is 0 Å². The highest BCUT2D eigenvalue weighted by Crippen LogP contribution is 2.17. The number of carbonyl (C=O) groups excluding carboxylic acids is 2. The summed E-state index contributed by atoms with van der Waals surface area (Å²) in [6.07, 6.45) is -9.15. The molecule has 0 aliphatic heterocycles. The molecule has 0 atom stereocenters. The molecule has 0 aliphatic rings. The number of alkyl halides is 6. The Morgan fingerprint density at radius 3 is 1.20 bits per heavy atom. The van der Waals surface area contributed by atoms with Crippen LogP contribution < -0.4 is 0 Å². The summed E-state index contributed by atoms with van der Waals surface area (Å²) >= 11 is 0. The highest BCUT2D eigenvalue weighted by Gasteiger charge is 2.41. The number of hydrogen-bond donors (Lipinski definition) is 0. The quantitative estimate of drug-likeness (QED) is 0.412. The van der Waals surface area contributed by atoms with Crippen LogP contribution in [-0.4, -0.2) is 37.5 Å². The summed E-state index contributed by atoms with van der Waals surface area (Å²) in [5.41, 5.74) is 0. The van der Waals surface area contributed by atoms with Crippen molar-refractivity contribution in [2.45, 2.75) is 38.0 Å². The standard InChI is InChI=1S/C10H12F6O4/c11-9(12,13)7(17)19-5-3-1-2-4-6-20-8(18)10(14,15)16/h1-6H2. The third kappa shape index (κ3) is 8.59. The molecule has 20 heavy (non-hydrogen) atoms. The minimum atomic E-state index is -5.04. The maximum Gasteiger partial charge on any atom is 0.490 e. The SMILES string of the molecule is O=C(OCCCCCCOC(=O)C(F)(F)F)C(F)(F)F. The highest BCUT2D eigenvalue weighted by molar-refractivity contribution is 5.75. The zero-order valence-corrected chi connectivity index (χ0v) is 10.1. The van der Waals surface area contributed by atoms with Crippen molar-refractivity contribution in [3.05, 3.63) is 0 Å². The van der Waals surface area contributed by atoms with Crippen LogP contribution in [-0.2, 0) is 19.1 Å². The molecule has 0 bridgehead atoms. The van der Waals surface area contributed by atoms with Crippen molar-refractivity contribution in [1.29, 1.82) is 0 Å². The lowest BCUT2D eigenvalue weighted by Crippen LogP contribution is -2.26. The van der Waals surface area contributed by atoms with E-state index in [1.54, 1.807) is 0 Å². The zero-order valence-electron chi connectivity index (χ0n) is 10.1. The summed E-state index contributed by atoms with van der Waals surface area (Å²) in [7, 11) is 0. The van der Waals surface area contributed by atoms with Gasteiger partial charge in [0.2, 0.25) is 0 Å². The second-order valence-corrected chi connectivity index (χ2v) is 3.68. The van der Waals surface area contributed by atoms with Crippen LogP contribution in [0.2, 0.25) is 0 Å². The molecule has 0 aliphatic carbocycles. The monoisotopic (exact) mass is 310 g/mol. The molecule has 0 saturated heterocycles. The fourth-order valence-corrected chi connectivity index (χ4v) is 1.05. The molecule has 0 aromatic heterocycles. The van der Waals surface area contributed by atoms with E-state index in [0.717, 1.165) is 0 Å². The number of ether oxygens (including phenoxy) is 2. The van der Waals surface area contributed by atoms with Crippen LogP contribution in [0.3, 0.4) is 0 Å². The first kappa shape index (κ1) is 18.5. The van der Waals surface area contributed by atoms with Gasteiger partial charge in [-0.3, -0.25) is 0 Å². The van der Waals surface area contributed by atoms with E-state index in [1.807, 2.05) is 0 Å². The molecule has 0 fully saturated rings. The van der Waals surface area contributed by atoms with E-state index in [-0.39, 0.29) is 12.8 Å². The Kier molecular flexibility index (Phi) is 7.36. The fourth-order valence-electron chi connectivity index (χ4n) is 1.05. The van der Waals surface area contributed by atoms with Crippen molar-refractivity contribution < 1.29 is 45.4 Å². The Hall–Kier alpha value is -1.48. The van der Waals surface area contributed by atoms with E-state index in [2.05, 4.69) is 9.47 Å². The number of carbonyl (C=O) groups is 2. The Morgan fingerprint density at radius 1 is 0.650 bits per heavy atom. The summed E-state index contributed by atoms with van der Waals surface area (Å²) in [5, 5.41) is 0. The summed E-state index contributed by atoms with van der Waals surface area (Å²) in [5.74, 6) is -4.56. The molecule has 118 valence electrons. The third-order valence-electron chi connectivity index (χ3n) is 1.97. The minimum Gasteiger partial charge on any atom is -0.459 e. The van der Waals surface area contributed by atoms with Gasteiger partial charge in [-0.25, -0.2) is 9.59 Å². The highest BCUT2D eigenvalue weighted by atomic mass is 19.4. The smallest absolute Gasteiger partial charge is 0.459 e. The first-order chi connectivity index (χ1) is 9.05. The van der Waals surface area contributed by atoms with Crippen molar-refractivity contribution in [2.75, 3.05) is 13.2 Å². The van der Waals surface area contributed by atoms with Crippen molar-refractivity contribution in [2.24, 2.45) is 0 Å². The Labute approximate surface area is 110 Å². The number of rotatable bonds is 7. The van der Waals surface area contributed by atoms with Crippen LogP contribution in [0.15, 0.2) is 0 Å². The maximum absolute atomic E-state index is 11.7. The van der Waals surface area contributed by atoms with E-state index in [1.165, 1.54) is 0 Å². The van der Waals surface area contributed by atoms with E-state index < -0.39 is 37.5 Å². The number of halogens is 6. The average Bonchev–Trinajstić information content (AvgIpc) is 2.29. The van der Waals surface area contributed by atoms with Crippen molar-refractivity contribution in [3.8, 4) is 0 Å². The lowest BCUT2D eigenvalue weighted by atomic mass is 10.2. The van der Waals surface area contributed by atoms with Gasteiger partial charge in [-0.05, 0) is 25.7 Å². The topological polar surface area (TPSA) is 52.6 Å². The molecule has 0 heterocycles. The molecule has 0 unspecified atom stereocenters. The van der Waals surface area contributed by atoms with Gasteiger partial charge >= 0.3 is 24.3 Å². The molecule has 0 amide bonds. The van der Waals surface area contributed by atoms with Crippen molar-refractivity contribution in [3.63, 3.8) is 0 Å². The molecule has 0 aromatic carbocycles. The fraction of sp³-hybridized carbons (Fsp3) is 0.800. The molecule has 0 saturated carbocycles. The summed E-state index contributed by atoms with van der Waals surface area (Å²) in [4.78, 5) is 20.5. The first-order valence-electron chi connectivity index (χ1n) is 5.53. The number of unbranched alkanes of at least 4 members (excludes halogenated alkanes) is 3. The lowest BCUT2D eigenvalue weighted by Gasteiger charge is -2.08. The van der Waals surface area contributed by atoms with E-state index in [0.29, 0.717) is 12.8 Å². The zero-order chi connectivity index (χ0) is 15.8. The molecule has 0 spiro atoms. The Balaban J connectivity index is 3.47. The normalized spacial score (nSPS) is 12.1. The van der Waals surface area contributed by atoms with Crippen molar-refractivity contribution >= 4 is 11.9 Å². The lowest BCUT2D eigenvalue weighted by molar-refractivity contribution is -0.200. The van der Waals surface area contributed by atoms with Gasteiger partial charge in [0.15, 0.2) is 0 Å². The van der Waals surface area contributed by atoms with E-state index >= 15 is 0 Å². The molecule has 0 aromatic rings. The molecule has 0 rings (SSSR count). The predicted molar refractivity (Wildman–Crippen MR) is 52.5 cm³/mol. The van der Waals surface area contributed by atoms with Gasteiger partial charge in [-0.15, -0.1) is 0 Å². The van der Waals surface area contributed by atoms with Gasteiger partial charge in [0.05, 0.1) is 13.2 Å². The largest absolute Gasteiger partial charge is 0.490 e. The van der Waals surface area contributed by atoms with Gasteiger partial charge in [-0.1, -0.05) is 0 Å². The van der Waals surface area contributed by atoms with E-state index in [9.17, 15) is 35.9 Å². The van der Waals surface area contributed by atoms with Crippen LogP contribution in [0.5, 0.6) is 0 Å². The summed E-state index contributed by atoms with van der Waals surface area (Å²) < 4.78 is 77.9. The van der Waals surface area contributed by atoms with Crippen LogP contribution in [0.4, 0.5) is 26.3 Å². The van der Waals surface area contributed by atoms with Crippen LogP contribution in [0.1, 0.15) is 25.7 Å². The minimum absolute atomic E-state index is 0.134. The van der Waals surface area contributed by atoms with Gasteiger partial charge < -0.3 is 9.47 Å². The predicted octanol–water partition coefficient (Wildman–Crippen LogP) is 2.76. The maximum atomic E-state index is 11.7. The van der Waals surface area contributed by atoms with Crippen LogP contribution >= 0.6 is 0 Å². The first-order valence-corrected chi connectivity index (χ1v) is 5.53.